The Morgan fingerprint density at radius 3 is 0.273 bits per heavy atom. The van der Waals surface area contributed by atoms with E-state index < -0.39 is 72.9 Å². The topological polar surface area (TPSA) is 224 Å². The quantitative estimate of drug-likeness (QED) is 0.151. The maximum atomic E-state index is 10.6. The van der Waals surface area contributed by atoms with Gasteiger partial charge in [0.15, 0.2) is 0 Å². The minimum absolute atomic E-state index is 0. The maximum absolute atomic E-state index is 10.6. The van der Waals surface area contributed by atoms with Crippen LogP contribution in [0.4, 0.5) is 79.0 Å². The number of aliphatic carboxylic acids is 6. The number of carboxylic acid groups (broad SMARTS) is 6. The van der Waals surface area contributed by atoms with Gasteiger partial charge in [0.1, 0.15) is 0 Å². The number of halogens is 18. The van der Waals surface area contributed by atoms with Crippen molar-refractivity contribution in [2.45, 2.75) is 37.1 Å². The molecule has 0 saturated carbocycles. The van der Waals surface area contributed by atoms with E-state index in [4.69, 9.17) is 59.4 Å². The Kier molecular flexibility index (Phi) is 31.7. The van der Waals surface area contributed by atoms with E-state index in [2.05, 4.69) is 0 Å². The standard InChI is InChI=1S/6C2HF3O2.2Rh/c6*3-2(4,5)1(6)7;;/h6*(H,6,7);;. The third-order valence-electron chi connectivity index (χ3n) is 1.46. The minimum atomic E-state index is -5.08. The number of hydrogen-bond acceptors (Lipinski definition) is 6. The summed E-state index contributed by atoms with van der Waals surface area (Å²) in [5.74, 6) is -16.5. The molecule has 0 amide bonds. The molecule has 0 heterocycles. The molecule has 0 bridgehead atoms. The van der Waals surface area contributed by atoms with Crippen LogP contribution < -0.4 is 0 Å². The fourth-order valence-electron chi connectivity index (χ4n) is 0. The summed E-state index contributed by atoms with van der Waals surface area (Å²) in [6, 6.07) is 0. The van der Waals surface area contributed by atoms with Crippen molar-refractivity contribution in [2.24, 2.45) is 0 Å². The van der Waals surface area contributed by atoms with E-state index in [1.165, 1.54) is 0 Å². The van der Waals surface area contributed by atoms with Crippen LogP contribution in [0.25, 0.3) is 0 Å². The molecule has 12 nitrogen and oxygen atoms in total. The van der Waals surface area contributed by atoms with Crippen LogP contribution in [0.1, 0.15) is 0 Å². The molecule has 0 aromatic carbocycles. The van der Waals surface area contributed by atoms with Crippen molar-refractivity contribution in [3.05, 3.63) is 0 Å². The Balaban J connectivity index is -0.0000000584. The number of rotatable bonds is 0. The summed E-state index contributed by atoms with van der Waals surface area (Å²) >= 11 is 0. The molecule has 0 aliphatic carbocycles. The van der Waals surface area contributed by atoms with Crippen LogP contribution in [0.15, 0.2) is 0 Å². The molecule has 6 N–H and O–H groups in total. The van der Waals surface area contributed by atoms with Crippen LogP contribution in [0.5, 0.6) is 0 Å². The molecule has 0 unspecified atom stereocenters. The summed E-state index contributed by atoms with van der Waals surface area (Å²) in [5.41, 5.74) is 0. The van der Waals surface area contributed by atoms with Gasteiger partial charge in [-0.2, -0.15) is 79.0 Å². The zero-order valence-corrected chi connectivity index (χ0v) is 21.9. The van der Waals surface area contributed by atoms with Crippen molar-refractivity contribution in [3.63, 3.8) is 0 Å². The van der Waals surface area contributed by atoms with E-state index in [-0.39, 0.29) is 39.0 Å². The Morgan fingerprint density at radius 2 is 0.273 bits per heavy atom. The summed E-state index contributed by atoms with van der Waals surface area (Å²) in [7, 11) is 0. The summed E-state index contributed by atoms with van der Waals surface area (Å²) in [5, 5.41) is 42.8. The Hall–Kier alpha value is -3.19. The molecule has 0 aromatic rings. The monoisotopic (exact) mass is 890 g/mol. The van der Waals surface area contributed by atoms with Crippen molar-refractivity contribution < 1.29 is 177 Å². The van der Waals surface area contributed by atoms with Crippen molar-refractivity contribution in [1.29, 1.82) is 0 Å². The molecule has 44 heavy (non-hydrogen) atoms. The maximum Gasteiger partial charge on any atom is 0.490 e. The number of carbonyl (C=O) groups is 6. The van der Waals surface area contributed by atoms with E-state index in [0.29, 0.717) is 0 Å². The third-order valence-corrected chi connectivity index (χ3v) is 1.46. The largest absolute Gasteiger partial charge is 0.490 e. The van der Waals surface area contributed by atoms with E-state index in [1.54, 1.807) is 0 Å². The number of carboxylic acids is 6. The van der Waals surface area contributed by atoms with Crippen LogP contribution in [0.3, 0.4) is 0 Å². The molecule has 0 aromatic heterocycles. The van der Waals surface area contributed by atoms with E-state index in [0.717, 1.165) is 0 Å². The van der Waals surface area contributed by atoms with Crippen molar-refractivity contribution in [3.8, 4) is 0 Å². The van der Waals surface area contributed by atoms with Crippen molar-refractivity contribution >= 4 is 35.8 Å². The molecule has 0 atom stereocenters. The zero-order chi connectivity index (χ0) is 36.5. The molecule has 32 heteroatoms. The Bertz CT molecular complexity index is 698. The third kappa shape index (κ3) is 51.5. The van der Waals surface area contributed by atoms with Gasteiger partial charge >= 0.3 is 72.9 Å². The summed E-state index contributed by atoms with van der Waals surface area (Å²) < 4.78 is 190. The first kappa shape index (κ1) is 60.1. The van der Waals surface area contributed by atoms with Gasteiger partial charge in [0.05, 0.1) is 0 Å². The van der Waals surface area contributed by atoms with Gasteiger partial charge in [-0.1, -0.05) is 0 Å². The first-order chi connectivity index (χ1) is 17.7. The van der Waals surface area contributed by atoms with Crippen molar-refractivity contribution in [2.75, 3.05) is 0 Å². The molecular weight excluding hydrogens is 884 g/mol. The van der Waals surface area contributed by atoms with Gasteiger partial charge in [-0.3, -0.25) is 0 Å². The van der Waals surface area contributed by atoms with Crippen LogP contribution in [0, 0.1) is 0 Å². The molecule has 0 rings (SSSR count). The van der Waals surface area contributed by atoms with Gasteiger partial charge in [-0.25, -0.2) is 28.8 Å². The fraction of sp³-hybridized carbons (Fsp3) is 0.500. The number of alkyl halides is 18. The molecular formula is C12H6F18O12Rh2. The van der Waals surface area contributed by atoms with Gasteiger partial charge in [-0.05, 0) is 0 Å². The van der Waals surface area contributed by atoms with Crippen molar-refractivity contribution in [1.82, 2.24) is 0 Å². The van der Waals surface area contributed by atoms with Gasteiger partial charge in [-0.15, -0.1) is 0 Å². The second-order valence-electron chi connectivity index (χ2n) is 4.82. The van der Waals surface area contributed by atoms with E-state index >= 15 is 0 Å². The predicted molar refractivity (Wildman–Crippen MR) is 82.1 cm³/mol. The fourth-order valence-corrected chi connectivity index (χ4v) is 0. The Labute approximate surface area is 250 Å². The average molecular weight is 890 g/mol. The summed E-state index contributed by atoms with van der Waals surface area (Å²) in [4.78, 5) is 53.4. The van der Waals surface area contributed by atoms with Gasteiger partial charge < -0.3 is 30.6 Å². The van der Waals surface area contributed by atoms with Crippen LogP contribution in [-0.2, 0) is 67.7 Å². The Morgan fingerprint density at radius 1 is 0.250 bits per heavy atom. The zero-order valence-electron chi connectivity index (χ0n) is 18.6. The molecule has 0 saturated heterocycles. The van der Waals surface area contributed by atoms with Gasteiger partial charge in [0.25, 0.3) is 0 Å². The van der Waals surface area contributed by atoms with Crippen LogP contribution >= 0.6 is 0 Å². The summed E-state index contributed by atoms with van der Waals surface area (Å²) in [6.45, 7) is 0. The van der Waals surface area contributed by atoms with E-state index in [9.17, 15) is 79.0 Å². The second-order valence-corrected chi connectivity index (χ2v) is 4.82. The molecule has 0 aliphatic heterocycles. The predicted octanol–water partition coefficient (Wildman–Crippen LogP) is 3.79. The molecule has 0 aliphatic rings. The second kappa shape index (κ2) is 23.2. The van der Waals surface area contributed by atoms with E-state index in [1.807, 2.05) is 0 Å². The molecule has 0 fully saturated rings. The van der Waals surface area contributed by atoms with Gasteiger partial charge in [0, 0.05) is 39.0 Å². The summed E-state index contributed by atoms with van der Waals surface area (Å²) in [6.07, 6.45) is -30.5. The smallest absolute Gasteiger partial charge is 0.475 e. The first-order valence-electron chi connectivity index (χ1n) is 7.47. The van der Waals surface area contributed by atoms with Gasteiger partial charge in [0.2, 0.25) is 0 Å². The minimum Gasteiger partial charge on any atom is -0.475 e. The molecule has 2 radical (unpaired) electrons. The molecule has 270 valence electrons. The van der Waals surface area contributed by atoms with Crippen LogP contribution in [-0.4, -0.2) is 104 Å². The average Bonchev–Trinajstić information content (AvgIpc) is 2.65. The first-order valence-corrected chi connectivity index (χ1v) is 7.47. The van der Waals surface area contributed by atoms with Crippen LogP contribution in [0.2, 0.25) is 0 Å². The normalized spacial score (nSPS) is 10.8. The number of hydrogen-bond donors (Lipinski definition) is 6. The molecule has 0 spiro atoms. The SMILES string of the molecule is O=C(O)C(F)(F)F.O=C(O)C(F)(F)F.O=C(O)C(F)(F)F.O=C(O)C(F)(F)F.O=C(O)C(F)(F)F.O=C(O)C(F)(F)F.[Rh].[Rh].